The number of aryl methyl sites for hydroxylation is 1. The highest BCUT2D eigenvalue weighted by molar-refractivity contribution is 6.30. The summed E-state index contributed by atoms with van der Waals surface area (Å²) in [6.07, 6.45) is 0. The fraction of sp³-hybridized carbons (Fsp3) is 0.200. The second-order valence-electron chi connectivity index (χ2n) is 8.27. The zero-order chi connectivity index (χ0) is 24.5. The number of halogens is 1. The van der Waals surface area contributed by atoms with E-state index in [1.54, 1.807) is 39.9 Å². The molecule has 9 nitrogen and oxygen atoms in total. The lowest BCUT2D eigenvalue weighted by molar-refractivity contribution is -0.384. The Hall–Kier alpha value is -4.11. The van der Waals surface area contributed by atoms with Crippen molar-refractivity contribution in [1.82, 2.24) is 14.7 Å². The molecule has 35 heavy (non-hydrogen) atoms. The Labute approximate surface area is 206 Å². The van der Waals surface area contributed by atoms with Crippen LogP contribution >= 0.6 is 11.6 Å². The first-order chi connectivity index (χ1) is 16.9. The second kappa shape index (κ2) is 9.27. The van der Waals surface area contributed by atoms with Gasteiger partial charge in [-0.2, -0.15) is 5.10 Å². The van der Waals surface area contributed by atoms with Gasteiger partial charge in [0.15, 0.2) is 5.76 Å². The van der Waals surface area contributed by atoms with E-state index in [4.69, 9.17) is 16.0 Å². The van der Waals surface area contributed by atoms with Crippen LogP contribution in [0.25, 0.3) is 17.1 Å². The minimum atomic E-state index is -0.415. The molecule has 10 heteroatoms. The molecule has 1 aliphatic heterocycles. The SMILES string of the molecule is Cc1ccc(-c2cc(C(=O)N3CCN(c4ccc([N+](=O)[O-])cc4)CC3)n(-c3cccc(Cl)c3)n2)o1. The van der Waals surface area contributed by atoms with Crippen LogP contribution in [0.4, 0.5) is 11.4 Å². The summed E-state index contributed by atoms with van der Waals surface area (Å²) in [5.41, 5.74) is 2.60. The molecule has 1 fully saturated rings. The molecule has 0 unspecified atom stereocenters. The number of nitro benzene ring substituents is 1. The van der Waals surface area contributed by atoms with Gasteiger partial charge in [0.1, 0.15) is 17.1 Å². The normalized spacial score (nSPS) is 13.8. The number of non-ortho nitro benzene ring substituents is 1. The molecule has 0 bridgehead atoms. The first-order valence-corrected chi connectivity index (χ1v) is 11.5. The summed E-state index contributed by atoms with van der Waals surface area (Å²) in [5.74, 6) is 1.20. The molecule has 3 heterocycles. The summed E-state index contributed by atoms with van der Waals surface area (Å²) in [6.45, 7) is 4.09. The number of amides is 1. The van der Waals surface area contributed by atoms with Crippen molar-refractivity contribution in [3.05, 3.63) is 93.3 Å². The van der Waals surface area contributed by atoms with Crippen molar-refractivity contribution in [1.29, 1.82) is 0 Å². The van der Waals surface area contributed by atoms with Crippen molar-refractivity contribution in [3.63, 3.8) is 0 Å². The molecular weight excluding hydrogens is 470 g/mol. The van der Waals surface area contributed by atoms with Crippen LogP contribution in [0.2, 0.25) is 5.02 Å². The fourth-order valence-corrected chi connectivity index (χ4v) is 4.33. The number of furan rings is 1. The molecule has 2 aromatic carbocycles. The first kappa shape index (κ1) is 22.7. The maximum Gasteiger partial charge on any atom is 0.272 e. The third-order valence-electron chi connectivity index (χ3n) is 5.97. The van der Waals surface area contributed by atoms with E-state index in [-0.39, 0.29) is 11.6 Å². The van der Waals surface area contributed by atoms with Gasteiger partial charge in [0, 0.05) is 55.1 Å². The molecule has 2 aromatic heterocycles. The van der Waals surface area contributed by atoms with Crippen LogP contribution in [0.5, 0.6) is 0 Å². The number of benzene rings is 2. The molecule has 0 spiro atoms. The van der Waals surface area contributed by atoms with E-state index in [9.17, 15) is 14.9 Å². The largest absolute Gasteiger partial charge is 0.460 e. The minimum Gasteiger partial charge on any atom is -0.460 e. The Morgan fingerprint density at radius 3 is 2.37 bits per heavy atom. The van der Waals surface area contributed by atoms with E-state index in [1.807, 2.05) is 31.2 Å². The van der Waals surface area contributed by atoms with E-state index in [1.165, 1.54) is 12.1 Å². The molecule has 0 atom stereocenters. The van der Waals surface area contributed by atoms with Crippen molar-refractivity contribution in [2.75, 3.05) is 31.1 Å². The van der Waals surface area contributed by atoms with E-state index in [0.717, 1.165) is 11.4 Å². The highest BCUT2D eigenvalue weighted by Gasteiger charge is 2.27. The maximum absolute atomic E-state index is 13.6. The Balaban J connectivity index is 1.39. The molecule has 0 aliphatic carbocycles. The van der Waals surface area contributed by atoms with Crippen molar-refractivity contribution in [3.8, 4) is 17.1 Å². The van der Waals surface area contributed by atoms with Gasteiger partial charge in [0.25, 0.3) is 11.6 Å². The summed E-state index contributed by atoms with van der Waals surface area (Å²) < 4.78 is 7.33. The topological polar surface area (TPSA) is 97.7 Å². The van der Waals surface area contributed by atoms with Gasteiger partial charge in [0.2, 0.25) is 0 Å². The summed E-state index contributed by atoms with van der Waals surface area (Å²) in [6, 6.07) is 19.1. The quantitative estimate of drug-likeness (QED) is 0.289. The van der Waals surface area contributed by atoms with Crippen LogP contribution < -0.4 is 4.90 Å². The number of carbonyl (C=O) groups excluding carboxylic acids is 1. The third kappa shape index (κ3) is 4.63. The summed E-state index contributed by atoms with van der Waals surface area (Å²) >= 11 is 6.21. The number of nitro groups is 1. The predicted octanol–water partition coefficient (Wildman–Crippen LogP) is 4.96. The standard InChI is InChI=1S/C25H22ClN5O4/c1-17-5-10-24(35-17)22-16-23(30(27-22)21-4-2-3-18(26)15-21)25(32)29-13-11-28(12-14-29)19-6-8-20(9-7-19)31(33)34/h2-10,15-16H,11-14H2,1H3. The molecule has 1 aliphatic rings. The van der Waals surface area contributed by atoms with Gasteiger partial charge < -0.3 is 14.2 Å². The zero-order valence-corrected chi connectivity index (χ0v) is 19.7. The molecule has 4 aromatic rings. The molecule has 5 rings (SSSR count). The van der Waals surface area contributed by atoms with E-state index in [0.29, 0.717) is 54.0 Å². The number of aromatic nitrogens is 2. The van der Waals surface area contributed by atoms with Crippen molar-refractivity contribution in [2.45, 2.75) is 6.92 Å². The number of rotatable bonds is 5. The van der Waals surface area contributed by atoms with Crippen molar-refractivity contribution in [2.24, 2.45) is 0 Å². The average molecular weight is 492 g/mol. The smallest absolute Gasteiger partial charge is 0.272 e. The highest BCUT2D eigenvalue weighted by Crippen LogP contribution is 2.26. The molecular formula is C25H22ClN5O4. The Kier molecular flexibility index (Phi) is 6.00. The molecule has 1 amide bonds. The molecule has 0 radical (unpaired) electrons. The van der Waals surface area contributed by atoms with Crippen molar-refractivity contribution < 1.29 is 14.1 Å². The molecule has 0 N–H and O–H groups in total. The Bertz CT molecular complexity index is 1390. The summed E-state index contributed by atoms with van der Waals surface area (Å²) in [7, 11) is 0. The van der Waals surface area contributed by atoms with Gasteiger partial charge in [0.05, 0.1) is 10.6 Å². The molecule has 178 valence electrons. The van der Waals surface area contributed by atoms with Crippen LogP contribution in [0.1, 0.15) is 16.2 Å². The van der Waals surface area contributed by atoms with Crippen LogP contribution in [0.15, 0.2) is 71.1 Å². The van der Waals surface area contributed by atoms with Gasteiger partial charge in [-0.3, -0.25) is 14.9 Å². The van der Waals surface area contributed by atoms with E-state index >= 15 is 0 Å². The Morgan fingerprint density at radius 2 is 1.74 bits per heavy atom. The number of hydrogen-bond donors (Lipinski definition) is 0. The van der Waals surface area contributed by atoms with Gasteiger partial charge in [-0.15, -0.1) is 0 Å². The average Bonchev–Trinajstić information content (AvgIpc) is 3.50. The lowest BCUT2D eigenvalue weighted by atomic mass is 10.2. The number of piperazine rings is 1. The summed E-state index contributed by atoms with van der Waals surface area (Å²) in [5, 5.41) is 16.1. The maximum atomic E-state index is 13.6. The molecule has 1 saturated heterocycles. The predicted molar refractivity (Wildman–Crippen MR) is 132 cm³/mol. The van der Waals surface area contributed by atoms with Gasteiger partial charge in [-0.05, 0) is 49.4 Å². The van der Waals surface area contributed by atoms with Gasteiger partial charge >= 0.3 is 0 Å². The van der Waals surface area contributed by atoms with Crippen LogP contribution in [-0.2, 0) is 0 Å². The van der Waals surface area contributed by atoms with E-state index < -0.39 is 4.92 Å². The van der Waals surface area contributed by atoms with Crippen LogP contribution in [-0.4, -0.2) is 51.7 Å². The minimum absolute atomic E-state index is 0.0550. The number of nitrogens with zero attached hydrogens (tertiary/aromatic N) is 5. The Morgan fingerprint density at radius 1 is 1.00 bits per heavy atom. The van der Waals surface area contributed by atoms with Gasteiger partial charge in [-0.1, -0.05) is 17.7 Å². The second-order valence-corrected chi connectivity index (χ2v) is 8.71. The highest BCUT2D eigenvalue weighted by atomic mass is 35.5. The first-order valence-electron chi connectivity index (χ1n) is 11.1. The molecule has 0 saturated carbocycles. The number of carbonyl (C=O) groups is 1. The number of hydrogen-bond acceptors (Lipinski definition) is 6. The van der Waals surface area contributed by atoms with Crippen LogP contribution in [0.3, 0.4) is 0 Å². The van der Waals surface area contributed by atoms with Crippen molar-refractivity contribution >= 4 is 28.9 Å². The lowest BCUT2D eigenvalue weighted by Crippen LogP contribution is -2.49. The fourth-order valence-electron chi connectivity index (χ4n) is 4.15. The summed E-state index contributed by atoms with van der Waals surface area (Å²) in [4.78, 5) is 28.0. The third-order valence-corrected chi connectivity index (χ3v) is 6.20. The van der Waals surface area contributed by atoms with E-state index in [2.05, 4.69) is 10.00 Å². The lowest BCUT2D eigenvalue weighted by Gasteiger charge is -2.36. The zero-order valence-electron chi connectivity index (χ0n) is 18.9. The monoisotopic (exact) mass is 491 g/mol. The van der Waals surface area contributed by atoms with Gasteiger partial charge in [-0.25, -0.2) is 4.68 Å². The van der Waals surface area contributed by atoms with Crippen LogP contribution in [0, 0.1) is 17.0 Å². The number of anilines is 1.